The molecule has 24 heavy (non-hydrogen) atoms. The summed E-state index contributed by atoms with van der Waals surface area (Å²) >= 11 is 5.68. The van der Waals surface area contributed by atoms with E-state index in [1.807, 2.05) is 12.1 Å². The van der Waals surface area contributed by atoms with Gasteiger partial charge in [-0.05, 0) is 79.2 Å². The van der Waals surface area contributed by atoms with Crippen LogP contribution in [0.5, 0.6) is 0 Å². The molecule has 0 unspecified atom stereocenters. The van der Waals surface area contributed by atoms with Crippen molar-refractivity contribution in [2.45, 2.75) is 38.5 Å². The van der Waals surface area contributed by atoms with Gasteiger partial charge in [0.25, 0.3) is 0 Å². The number of benzene rings is 2. The Morgan fingerprint density at radius 3 is 2.04 bits per heavy atom. The molecule has 1 fully saturated rings. The summed E-state index contributed by atoms with van der Waals surface area (Å²) < 4.78 is 13.0. The molecule has 0 aliphatic heterocycles. The lowest BCUT2D eigenvalue weighted by Crippen LogP contribution is -2.13. The van der Waals surface area contributed by atoms with Crippen molar-refractivity contribution in [3.05, 3.63) is 71.5 Å². The van der Waals surface area contributed by atoms with E-state index in [1.165, 1.54) is 49.8 Å². The van der Waals surface area contributed by atoms with E-state index < -0.39 is 0 Å². The molecule has 2 aromatic carbocycles. The van der Waals surface area contributed by atoms with Crippen molar-refractivity contribution in [3.8, 4) is 11.1 Å². The van der Waals surface area contributed by atoms with Crippen LogP contribution in [0, 0.1) is 17.7 Å². The molecule has 1 aliphatic rings. The van der Waals surface area contributed by atoms with Crippen molar-refractivity contribution in [1.82, 2.24) is 0 Å². The van der Waals surface area contributed by atoms with Gasteiger partial charge in [-0.25, -0.2) is 4.39 Å². The zero-order valence-corrected chi connectivity index (χ0v) is 14.7. The van der Waals surface area contributed by atoms with Crippen molar-refractivity contribution in [1.29, 1.82) is 0 Å². The second-order valence-electron chi connectivity index (χ2n) is 6.84. The zero-order chi connectivity index (χ0) is 16.8. The van der Waals surface area contributed by atoms with Gasteiger partial charge in [-0.15, -0.1) is 0 Å². The number of hydrogen-bond donors (Lipinski definition) is 0. The quantitative estimate of drug-likeness (QED) is 0.549. The van der Waals surface area contributed by atoms with Crippen LogP contribution < -0.4 is 0 Å². The molecular formula is C22H24ClF. The van der Waals surface area contributed by atoms with Crippen LogP contribution in [-0.4, -0.2) is 0 Å². The minimum Gasteiger partial charge on any atom is -0.207 e. The number of halogens is 2. The van der Waals surface area contributed by atoms with Gasteiger partial charge in [-0.1, -0.05) is 54.1 Å². The fourth-order valence-corrected chi connectivity index (χ4v) is 3.85. The van der Waals surface area contributed by atoms with Crippen molar-refractivity contribution < 1.29 is 4.39 Å². The van der Waals surface area contributed by atoms with Gasteiger partial charge >= 0.3 is 0 Å². The molecular weight excluding hydrogens is 319 g/mol. The number of aryl methyl sites for hydroxylation is 1. The summed E-state index contributed by atoms with van der Waals surface area (Å²) in [6.45, 7) is 0. The molecule has 0 N–H and O–H groups in total. The first-order valence-electron chi connectivity index (χ1n) is 8.86. The maximum atomic E-state index is 13.0. The molecule has 0 radical (unpaired) electrons. The van der Waals surface area contributed by atoms with E-state index in [2.05, 4.69) is 30.3 Å². The molecule has 0 nitrogen and oxygen atoms in total. The van der Waals surface area contributed by atoms with E-state index in [0.717, 1.165) is 23.5 Å². The minimum atomic E-state index is -0.188. The Morgan fingerprint density at radius 1 is 0.875 bits per heavy atom. The third-order valence-corrected chi connectivity index (χ3v) is 5.35. The fourth-order valence-electron chi connectivity index (χ4n) is 3.65. The van der Waals surface area contributed by atoms with Crippen molar-refractivity contribution in [2.24, 2.45) is 11.8 Å². The molecule has 0 amide bonds. The highest BCUT2D eigenvalue weighted by Crippen LogP contribution is 2.32. The zero-order valence-electron chi connectivity index (χ0n) is 13.9. The Morgan fingerprint density at radius 2 is 1.46 bits per heavy atom. The highest BCUT2D eigenvalue weighted by atomic mass is 35.5. The largest absolute Gasteiger partial charge is 0.207 e. The van der Waals surface area contributed by atoms with Gasteiger partial charge in [-0.2, -0.15) is 0 Å². The van der Waals surface area contributed by atoms with E-state index in [0.29, 0.717) is 5.92 Å². The Bertz CT molecular complexity index is 649. The monoisotopic (exact) mass is 342 g/mol. The Kier molecular flexibility index (Phi) is 6.09. The maximum Gasteiger partial charge on any atom is 0.123 e. The maximum absolute atomic E-state index is 13.0. The van der Waals surface area contributed by atoms with Gasteiger partial charge in [0.2, 0.25) is 0 Å². The smallest absolute Gasteiger partial charge is 0.123 e. The van der Waals surface area contributed by atoms with E-state index in [1.54, 1.807) is 5.54 Å². The van der Waals surface area contributed by atoms with Crippen molar-refractivity contribution in [3.63, 3.8) is 0 Å². The molecule has 0 aromatic heterocycles. The van der Waals surface area contributed by atoms with Gasteiger partial charge in [0.15, 0.2) is 0 Å². The highest BCUT2D eigenvalue weighted by Gasteiger charge is 2.19. The normalized spacial score (nSPS) is 21.2. The summed E-state index contributed by atoms with van der Waals surface area (Å²) in [7, 11) is 0. The minimum absolute atomic E-state index is 0.188. The molecule has 1 aliphatic carbocycles. The van der Waals surface area contributed by atoms with E-state index in [-0.39, 0.29) is 5.82 Å². The summed E-state index contributed by atoms with van der Waals surface area (Å²) in [5.74, 6) is 1.35. The molecule has 0 heterocycles. The summed E-state index contributed by atoms with van der Waals surface area (Å²) in [5.41, 5.74) is 5.28. The Hall–Kier alpha value is -1.60. The van der Waals surface area contributed by atoms with Gasteiger partial charge in [0.05, 0.1) is 0 Å². The summed E-state index contributed by atoms with van der Waals surface area (Å²) in [6, 6.07) is 15.4. The fraction of sp³-hybridized carbons (Fsp3) is 0.364. The molecule has 2 aromatic rings. The molecule has 0 atom stereocenters. The second-order valence-corrected chi connectivity index (χ2v) is 7.09. The lowest BCUT2D eigenvalue weighted by molar-refractivity contribution is 0.296. The van der Waals surface area contributed by atoms with Gasteiger partial charge in [0, 0.05) is 5.54 Å². The topological polar surface area (TPSA) is 0 Å². The number of rotatable bonds is 5. The van der Waals surface area contributed by atoms with Crippen LogP contribution in [-0.2, 0) is 6.42 Å². The van der Waals surface area contributed by atoms with Crippen LogP contribution in [0.1, 0.15) is 37.7 Å². The Balaban J connectivity index is 1.51. The molecule has 0 bridgehead atoms. The van der Waals surface area contributed by atoms with Crippen molar-refractivity contribution >= 4 is 11.6 Å². The summed E-state index contributed by atoms with van der Waals surface area (Å²) in [6.07, 6.45) is 9.75. The van der Waals surface area contributed by atoms with E-state index in [4.69, 9.17) is 11.6 Å². The lowest BCUT2D eigenvalue weighted by Gasteiger charge is -2.26. The third kappa shape index (κ3) is 4.70. The first-order chi connectivity index (χ1) is 11.7. The van der Waals surface area contributed by atoms with Gasteiger partial charge in [-0.3, -0.25) is 0 Å². The number of allylic oxidation sites excluding steroid dienone is 1. The molecule has 0 saturated heterocycles. The standard InChI is InChI=1S/C22H24ClF/c23-16-15-19-5-3-17(4-6-19)1-2-18-7-9-20(10-8-18)21-11-13-22(24)14-12-21/h7-17,19H,1-6H2/b16-15+. The summed E-state index contributed by atoms with van der Waals surface area (Å²) in [4.78, 5) is 0. The number of hydrogen-bond acceptors (Lipinski definition) is 0. The van der Waals surface area contributed by atoms with Crippen LogP contribution in [0.4, 0.5) is 4.39 Å². The SMILES string of the molecule is Fc1ccc(-c2ccc(CCC3CCC(/C=C/Cl)CC3)cc2)cc1. The van der Waals surface area contributed by atoms with Gasteiger partial charge in [0.1, 0.15) is 5.82 Å². The summed E-state index contributed by atoms with van der Waals surface area (Å²) in [5, 5.41) is 0. The molecule has 3 rings (SSSR count). The van der Waals surface area contributed by atoms with E-state index >= 15 is 0 Å². The molecule has 126 valence electrons. The average molecular weight is 343 g/mol. The predicted molar refractivity (Wildman–Crippen MR) is 101 cm³/mol. The first kappa shape index (κ1) is 17.2. The lowest BCUT2D eigenvalue weighted by atomic mass is 9.79. The highest BCUT2D eigenvalue weighted by molar-refractivity contribution is 6.25. The van der Waals surface area contributed by atoms with Crippen LogP contribution in [0.15, 0.2) is 60.1 Å². The predicted octanol–water partition coefficient (Wildman–Crippen LogP) is 6.98. The third-order valence-electron chi connectivity index (χ3n) is 5.21. The van der Waals surface area contributed by atoms with Crippen LogP contribution in [0.25, 0.3) is 11.1 Å². The van der Waals surface area contributed by atoms with Crippen LogP contribution in [0.2, 0.25) is 0 Å². The molecule has 2 heteroatoms. The average Bonchev–Trinajstić information content (AvgIpc) is 2.63. The van der Waals surface area contributed by atoms with E-state index in [9.17, 15) is 4.39 Å². The van der Waals surface area contributed by atoms with Crippen LogP contribution >= 0.6 is 11.6 Å². The van der Waals surface area contributed by atoms with Crippen molar-refractivity contribution in [2.75, 3.05) is 0 Å². The Labute approximate surface area is 149 Å². The second kappa shape index (κ2) is 8.48. The van der Waals surface area contributed by atoms with Gasteiger partial charge < -0.3 is 0 Å². The first-order valence-corrected chi connectivity index (χ1v) is 9.30. The van der Waals surface area contributed by atoms with Crippen LogP contribution in [0.3, 0.4) is 0 Å². The molecule has 0 spiro atoms. The molecule has 1 saturated carbocycles.